The van der Waals surface area contributed by atoms with Gasteiger partial charge in [0.25, 0.3) is 5.91 Å². The van der Waals surface area contributed by atoms with Crippen LogP contribution in [0.25, 0.3) is 10.6 Å². The number of thiazole rings is 1. The number of benzene rings is 1. The van der Waals surface area contributed by atoms with Crippen LogP contribution in [0.3, 0.4) is 0 Å². The summed E-state index contributed by atoms with van der Waals surface area (Å²) >= 11 is 1.50. The highest BCUT2D eigenvalue weighted by Crippen LogP contribution is 2.29. The second-order valence-electron chi connectivity index (χ2n) is 6.85. The molecular formula is C20H25N3O2S. The van der Waals surface area contributed by atoms with Crippen molar-refractivity contribution in [1.82, 2.24) is 10.3 Å². The number of aromatic nitrogens is 1. The molecule has 26 heavy (non-hydrogen) atoms. The van der Waals surface area contributed by atoms with Gasteiger partial charge in [0.15, 0.2) is 0 Å². The molecule has 0 bridgehead atoms. The molecule has 0 atom stereocenters. The van der Waals surface area contributed by atoms with E-state index in [9.17, 15) is 9.59 Å². The summed E-state index contributed by atoms with van der Waals surface area (Å²) < 4.78 is 0. The molecule has 3 rings (SSSR count). The molecule has 0 spiro atoms. The highest BCUT2D eigenvalue weighted by Gasteiger charge is 2.20. The van der Waals surface area contributed by atoms with Gasteiger partial charge in [-0.05, 0) is 31.9 Å². The van der Waals surface area contributed by atoms with E-state index in [2.05, 4.69) is 15.6 Å². The summed E-state index contributed by atoms with van der Waals surface area (Å²) in [6, 6.07) is 7.80. The van der Waals surface area contributed by atoms with Crippen LogP contribution in [0.5, 0.6) is 0 Å². The first kappa shape index (κ1) is 18.6. The summed E-state index contributed by atoms with van der Waals surface area (Å²) in [5.41, 5.74) is 2.14. The number of hydrogen-bond acceptors (Lipinski definition) is 4. The van der Waals surface area contributed by atoms with Crippen LogP contribution < -0.4 is 10.6 Å². The van der Waals surface area contributed by atoms with Gasteiger partial charge in [0.2, 0.25) is 5.91 Å². The van der Waals surface area contributed by atoms with Crippen molar-refractivity contribution in [3.8, 4) is 10.6 Å². The predicted octanol–water partition coefficient (Wildman–Crippen LogP) is 4.53. The van der Waals surface area contributed by atoms with Crippen LogP contribution in [0.1, 0.15) is 60.8 Å². The van der Waals surface area contributed by atoms with E-state index in [0.717, 1.165) is 34.0 Å². The lowest BCUT2D eigenvalue weighted by atomic mass is 10.1. The Morgan fingerprint density at radius 2 is 1.88 bits per heavy atom. The maximum Gasteiger partial charge on any atom is 0.271 e. The molecule has 138 valence electrons. The number of nitrogens with zero attached hydrogens (tertiary/aromatic N) is 1. The molecule has 2 amide bonds. The van der Waals surface area contributed by atoms with Crippen LogP contribution in [-0.4, -0.2) is 22.8 Å². The van der Waals surface area contributed by atoms with Gasteiger partial charge >= 0.3 is 0 Å². The van der Waals surface area contributed by atoms with E-state index >= 15 is 0 Å². The molecule has 0 radical (unpaired) electrons. The third-order valence-corrected chi connectivity index (χ3v) is 5.65. The van der Waals surface area contributed by atoms with Gasteiger partial charge in [-0.25, -0.2) is 4.98 Å². The summed E-state index contributed by atoms with van der Waals surface area (Å²) in [5.74, 6) is -0.184. The monoisotopic (exact) mass is 371 g/mol. The Balaban J connectivity index is 1.76. The molecule has 0 saturated heterocycles. The Bertz CT molecular complexity index is 792. The van der Waals surface area contributed by atoms with Crippen LogP contribution >= 0.6 is 11.3 Å². The van der Waals surface area contributed by atoms with E-state index in [1.165, 1.54) is 43.9 Å². The van der Waals surface area contributed by atoms with Crippen LogP contribution in [0.4, 0.5) is 5.69 Å². The number of aryl methyl sites for hydroxylation is 1. The first-order valence-electron chi connectivity index (χ1n) is 9.19. The Hall–Kier alpha value is -2.21. The normalized spacial score (nSPS) is 15.3. The van der Waals surface area contributed by atoms with Gasteiger partial charge in [-0.3, -0.25) is 9.59 Å². The molecule has 1 fully saturated rings. The zero-order valence-corrected chi connectivity index (χ0v) is 16.1. The van der Waals surface area contributed by atoms with Gasteiger partial charge in [-0.1, -0.05) is 37.8 Å². The minimum atomic E-state index is -0.110. The smallest absolute Gasteiger partial charge is 0.271 e. The van der Waals surface area contributed by atoms with Crippen molar-refractivity contribution in [1.29, 1.82) is 0 Å². The summed E-state index contributed by atoms with van der Waals surface area (Å²) in [4.78, 5) is 29.4. The summed E-state index contributed by atoms with van der Waals surface area (Å²) in [7, 11) is 0. The quantitative estimate of drug-likeness (QED) is 0.776. The molecule has 1 aromatic carbocycles. The first-order valence-corrected chi connectivity index (χ1v) is 10.0. The van der Waals surface area contributed by atoms with Gasteiger partial charge in [0.1, 0.15) is 10.7 Å². The van der Waals surface area contributed by atoms with Crippen LogP contribution in [-0.2, 0) is 4.79 Å². The fraction of sp³-hybridized carbons (Fsp3) is 0.450. The number of anilines is 1. The Morgan fingerprint density at radius 1 is 1.15 bits per heavy atom. The molecule has 1 aliphatic carbocycles. The average Bonchev–Trinajstić information content (AvgIpc) is 2.81. The average molecular weight is 372 g/mol. The van der Waals surface area contributed by atoms with Crippen molar-refractivity contribution in [3.05, 3.63) is 34.8 Å². The Kier molecular flexibility index (Phi) is 6.04. The largest absolute Gasteiger partial charge is 0.348 e. The highest BCUT2D eigenvalue weighted by atomic mass is 32.1. The molecule has 0 aliphatic heterocycles. The van der Waals surface area contributed by atoms with E-state index in [4.69, 9.17) is 0 Å². The van der Waals surface area contributed by atoms with Gasteiger partial charge in [0.05, 0.1) is 0 Å². The standard InChI is InChI=1S/C20H25N3O2S/c1-13-18(19(25)22-16-9-5-3-4-6-10-16)23-20(26-13)15-8-7-11-17(12-15)21-14(2)24/h7-8,11-12,16H,3-6,9-10H2,1-2H3,(H,21,24)(H,22,25). The van der Waals surface area contributed by atoms with Gasteiger partial charge in [-0.2, -0.15) is 0 Å². The lowest BCUT2D eigenvalue weighted by Gasteiger charge is -2.15. The lowest BCUT2D eigenvalue weighted by molar-refractivity contribution is -0.114. The first-order chi connectivity index (χ1) is 12.5. The Labute approximate surface area is 158 Å². The second kappa shape index (κ2) is 8.45. The number of carbonyl (C=O) groups is 2. The zero-order chi connectivity index (χ0) is 18.5. The van der Waals surface area contributed by atoms with E-state index in [0.29, 0.717) is 5.69 Å². The van der Waals surface area contributed by atoms with Crippen molar-refractivity contribution in [3.63, 3.8) is 0 Å². The van der Waals surface area contributed by atoms with Crippen molar-refractivity contribution in [2.24, 2.45) is 0 Å². The van der Waals surface area contributed by atoms with Crippen molar-refractivity contribution in [2.75, 3.05) is 5.32 Å². The molecule has 2 aromatic rings. The molecular weight excluding hydrogens is 346 g/mol. The molecule has 6 heteroatoms. The third kappa shape index (κ3) is 4.69. The number of amides is 2. The van der Waals surface area contributed by atoms with E-state index < -0.39 is 0 Å². The zero-order valence-electron chi connectivity index (χ0n) is 15.3. The number of nitrogens with one attached hydrogen (secondary N) is 2. The van der Waals surface area contributed by atoms with E-state index in [-0.39, 0.29) is 17.9 Å². The fourth-order valence-corrected chi connectivity index (χ4v) is 4.25. The third-order valence-electron chi connectivity index (χ3n) is 4.63. The molecule has 1 heterocycles. The van der Waals surface area contributed by atoms with Crippen LogP contribution in [0.15, 0.2) is 24.3 Å². The molecule has 0 unspecified atom stereocenters. The van der Waals surface area contributed by atoms with Crippen molar-refractivity contribution >= 4 is 28.8 Å². The number of rotatable bonds is 4. The van der Waals surface area contributed by atoms with E-state index in [1.54, 1.807) is 0 Å². The molecule has 5 nitrogen and oxygen atoms in total. The van der Waals surface area contributed by atoms with Gasteiger partial charge in [-0.15, -0.1) is 11.3 Å². The van der Waals surface area contributed by atoms with Crippen molar-refractivity contribution in [2.45, 2.75) is 58.4 Å². The maximum absolute atomic E-state index is 12.7. The summed E-state index contributed by atoms with van der Waals surface area (Å²) in [6.07, 6.45) is 7.00. The molecule has 2 N–H and O–H groups in total. The van der Waals surface area contributed by atoms with Crippen LogP contribution in [0, 0.1) is 6.92 Å². The topological polar surface area (TPSA) is 71.1 Å². The summed E-state index contributed by atoms with van der Waals surface area (Å²) in [6.45, 7) is 3.41. The highest BCUT2D eigenvalue weighted by molar-refractivity contribution is 7.15. The number of hydrogen-bond donors (Lipinski definition) is 2. The fourth-order valence-electron chi connectivity index (χ4n) is 3.34. The van der Waals surface area contributed by atoms with Crippen LogP contribution in [0.2, 0.25) is 0 Å². The molecule has 1 aliphatic rings. The lowest BCUT2D eigenvalue weighted by Crippen LogP contribution is -2.34. The Morgan fingerprint density at radius 3 is 2.58 bits per heavy atom. The molecule has 1 saturated carbocycles. The number of carbonyl (C=O) groups excluding carboxylic acids is 2. The minimum Gasteiger partial charge on any atom is -0.348 e. The maximum atomic E-state index is 12.7. The summed E-state index contributed by atoms with van der Waals surface area (Å²) in [5, 5.41) is 6.74. The minimum absolute atomic E-state index is 0.0742. The van der Waals surface area contributed by atoms with E-state index in [1.807, 2.05) is 31.2 Å². The van der Waals surface area contributed by atoms with Gasteiger partial charge in [0, 0.05) is 29.1 Å². The second-order valence-corrected chi connectivity index (χ2v) is 8.05. The SMILES string of the molecule is CC(=O)Nc1cccc(-c2nc(C(=O)NC3CCCCCC3)c(C)s2)c1. The predicted molar refractivity (Wildman–Crippen MR) is 106 cm³/mol. The van der Waals surface area contributed by atoms with Crippen molar-refractivity contribution < 1.29 is 9.59 Å². The molecule has 1 aromatic heterocycles. The van der Waals surface area contributed by atoms with Gasteiger partial charge < -0.3 is 10.6 Å².